The maximum atomic E-state index is 12.9. The smallest absolute Gasteiger partial charge is 0.254 e. The van der Waals surface area contributed by atoms with Gasteiger partial charge in [-0.15, -0.1) is 0 Å². The Morgan fingerprint density at radius 1 is 1.08 bits per heavy atom. The summed E-state index contributed by atoms with van der Waals surface area (Å²) in [5.41, 5.74) is 8.29. The Hall–Kier alpha value is -3.15. The topological polar surface area (TPSA) is 81.2 Å². The number of hydrogen-bond acceptors (Lipinski definition) is 3. The average molecular weight is 348 g/mol. The fraction of sp³-hybridized carbons (Fsp3) is 0.250. The van der Waals surface area contributed by atoms with Crippen molar-refractivity contribution >= 4 is 22.8 Å². The number of para-hydroxylation sites is 2. The monoisotopic (exact) mass is 348 g/mol. The van der Waals surface area contributed by atoms with Crippen LogP contribution in [-0.4, -0.2) is 38.9 Å². The first kappa shape index (κ1) is 16.3. The van der Waals surface area contributed by atoms with Crippen LogP contribution in [0, 0.1) is 0 Å². The van der Waals surface area contributed by atoms with E-state index in [-0.39, 0.29) is 11.9 Å². The van der Waals surface area contributed by atoms with Crippen molar-refractivity contribution in [3.05, 3.63) is 66.0 Å². The lowest BCUT2D eigenvalue weighted by Gasteiger charge is -2.25. The second-order valence-corrected chi connectivity index (χ2v) is 6.62. The summed E-state index contributed by atoms with van der Waals surface area (Å²) in [4.78, 5) is 30.5. The number of carbonyl (C=O) groups excluding carboxylic acids is 2. The number of aromatic nitrogens is 2. The van der Waals surface area contributed by atoms with E-state index in [0.717, 1.165) is 37.0 Å². The number of carbonyl (C=O) groups is 2. The second kappa shape index (κ2) is 6.63. The van der Waals surface area contributed by atoms with Crippen LogP contribution in [0.2, 0.25) is 0 Å². The van der Waals surface area contributed by atoms with Crippen molar-refractivity contribution in [3.8, 4) is 0 Å². The first-order chi connectivity index (χ1) is 12.6. The van der Waals surface area contributed by atoms with Crippen LogP contribution in [0.5, 0.6) is 0 Å². The molecule has 1 atom stereocenters. The molecule has 1 unspecified atom stereocenters. The van der Waals surface area contributed by atoms with E-state index in [0.29, 0.717) is 11.1 Å². The van der Waals surface area contributed by atoms with Crippen LogP contribution < -0.4 is 5.73 Å². The second-order valence-electron chi connectivity index (χ2n) is 6.62. The van der Waals surface area contributed by atoms with Crippen molar-refractivity contribution < 1.29 is 9.59 Å². The maximum Gasteiger partial charge on any atom is 0.254 e. The fourth-order valence-corrected chi connectivity index (χ4v) is 3.62. The zero-order valence-corrected chi connectivity index (χ0v) is 14.3. The van der Waals surface area contributed by atoms with Crippen molar-refractivity contribution in [1.82, 2.24) is 14.5 Å². The number of imidazole rings is 1. The third-order valence-electron chi connectivity index (χ3n) is 4.99. The normalized spacial score (nSPS) is 16.9. The lowest BCUT2D eigenvalue weighted by molar-refractivity contribution is 0.0724. The van der Waals surface area contributed by atoms with Gasteiger partial charge in [0.1, 0.15) is 0 Å². The molecule has 1 aromatic heterocycles. The summed E-state index contributed by atoms with van der Waals surface area (Å²) in [7, 11) is 0. The number of fused-ring (bicyclic) bond motifs is 1. The minimum absolute atomic E-state index is 0.00654. The Bertz CT molecular complexity index is 961. The van der Waals surface area contributed by atoms with Crippen molar-refractivity contribution in [2.75, 3.05) is 6.54 Å². The number of amides is 2. The summed E-state index contributed by atoms with van der Waals surface area (Å²) in [5.74, 6) is -0.497. The summed E-state index contributed by atoms with van der Waals surface area (Å²) >= 11 is 0. The van der Waals surface area contributed by atoms with Crippen LogP contribution >= 0.6 is 0 Å². The van der Waals surface area contributed by atoms with E-state index < -0.39 is 5.91 Å². The fourth-order valence-electron chi connectivity index (χ4n) is 3.62. The quantitative estimate of drug-likeness (QED) is 0.786. The number of nitrogens with two attached hydrogens (primary N) is 1. The Kier molecular flexibility index (Phi) is 4.16. The highest BCUT2D eigenvalue weighted by Crippen LogP contribution is 2.23. The van der Waals surface area contributed by atoms with E-state index in [2.05, 4.69) is 9.55 Å². The first-order valence-corrected chi connectivity index (χ1v) is 8.74. The van der Waals surface area contributed by atoms with Crippen molar-refractivity contribution in [3.63, 3.8) is 0 Å². The molecule has 0 radical (unpaired) electrons. The molecule has 2 heterocycles. The first-order valence-electron chi connectivity index (χ1n) is 8.74. The van der Waals surface area contributed by atoms with Crippen LogP contribution in [0.15, 0.2) is 54.9 Å². The van der Waals surface area contributed by atoms with Crippen LogP contribution in [0.1, 0.15) is 33.6 Å². The maximum absolute atomic E-state index is 12.9. The highest BCUT2D eigenvalue weighted by molar-refractivity contribution is 5.97. The number of likely N-dealkylation sites (tertiary alicyclic amines) is 1. The molecule has 4 rings (SSSR count). The van der Waals surface area contributed by atoms with E-state index in [1.54, 1.807) is 24.3 Å². The molecule has 0 saturated carbocycles. The molecule has 26 heavy (non-hydrogen) atoms. The van der Waals surface area contributed by atoms with Gasteiger partial charge in [0, 0.05) is 24.2 Å². The van der Waals surface area contributed by atoms with Gasteiger partial charge in [-0.05, 0) is 49.2 Å². The third-order valence-corrected chi connectivity index (χ3v) is 4.99. The molecular weight excluding hydrogens is 328 g/mol. The molecule has 1 aliphatic heterocycles. The molecule has 2 amide bonds. The van der Waals surface area contributed by atoms with Crippen LogP contribution in [0.4, 0.5) is 0 Å². The molecule has 132 valence electrons. The Morgan fingerprint density at radius 3 is 2.58 bits per heavy atom. The van der Waals surface area contributed by atoms with E-state index in [1.807, 2.05) is 35.5 Å². The molecular formula is C20H20N4O2. The van der Waals surface area contributed by atoms with Gasteiger partial charge >= 0.3 is 0 Å². The number of benzene rings is 2. The molecule has 6 heteroatoms. The SMILES string of the molecule is NC(=O)c1ccc(C(=O)N2CCCC2Cn2cnc3ccccc32)cc1. The van der Waals surface area contributed by atoms with Crippen molar-refractivity contribution in [1.29, 1.82) is 0 Å². The molecule has 2 N–H and O–H groups in total. The molecule has 6 nitrogen and oxygen atoms in total. The lowest BCUT2D eigenvalue weighted by atomic mass is 10.1. The molecule has 0 aliphatic carbocycles. The van der Waals surface area contributed by atoms with Crippen LogP contribution in [-0.2, 0) is 6.54 Å². The number of primary amides is 1. The largest absolute Gasteiger partial charge is 0.366 e. The highest BCUT2D eigenvalue weighted by Gasteiger charge is 2.30. The van der Waals surface area contributed by atoms with E-state index in [4.69, 9.17) is 5.73 Å². The summed E-state index contributed by atoms with van der Waals surface area (Å²) in [5, 5.41) is 0. The van der Waals surface area contributed by atoms with Crippen molar-refractivity contribution in [2.45, 2.75) is 25.4 Å². The number of nitrogens with zero attached hydrogens (tertiary/aromatic N) is 3. The Labute approximate surface area is 151 Å². The summed E-state index contributed by atoms with van der Waals surface area (Å²) in [6, 6.07) is 14.7. The molecule has 1 fully saturated rings. The summed E-state index contributed by atoms with van der Waals surface area (Å²) in [6.07, 6.45) is 3.80. The molecule has 1 aliphatic rings. The zero-order valence-electron chi connectivity index (χ0n) is 14.3. The number of rotatable bonds is 4. The van der Waals surface area contributed by atoms with E-state index in [9.17, 15) is 9.59 Å². The lowest BCUT2D eigenvalue weighted by Crippen LogP contribution is -2.38. The number of hydrogen-bond donors (Lipinski definition) is 1. The van der Waals surface area contributed by atoms with Crippen LogP contribution in [0.3, 0.4) is 0 Å². The average Bonchev–Trinajstić information content (AvgIpc) is 3.29. The van der Waals surface area contributed by atoms with Gasteiger partial charge in [-0.1, -0.05) is 12.1 Å². The molecule has 0 spiro atoms. The van der Waals surface area contributed by atoms with E-state index in [1.165, 1.54) is 0 Å². The van der Waals surface area contributed by atoms with E-state index >= 15 is 0 Å². The summed E-state index contributed by atoms with van der Waals surface area (Å²) < 4.78 is 2.11. The third kappa shape index (κ3) is 2.94. The minimum Gasteiger partial charge on any atom is -0.366 e. The standard InChI is InChI=1S/C20H20N4O2/c21-19(25)14-7-9-15(10-8-14)20(26)24-11-3-4-16(24)12-23-13-22-17-5-1-2-6-18(17)23/h1-2,5-10,13,16H,3-4,11-12H2,(H2,21,25). The van der Waals surface area contributed by atoms with Crippen LogP contribution in [0.25, 0.3) is 11.0 Å². The van der Waals surface area contributed by atoms with Gasteiger partial charge < -0.3 is 15.2 Å². The van der Waals surface area contributed by atoms with Gasteiger partial charge in [0.25, 0.3) is 5.91 Å². The van der Waals surface area contributed by atoms with Crippen molar-refractivity contribution in [2.24, 2.45) is 5.73 Å². The molecule has 2 aromatic carbocycles. The Balaban J connectivity index is 1.54. The van der Waals surface area contributed by atoms with Gasteiger partial charge in [-0.25, -0.2) is 4.98 Å². The highest BCUT2D eigenvalue weighted by atomic mass is 16.2. The minimum atomic E-state index is -0.491. The predicted molar refractivity (Wildman–Crippen MR) is 98.8 cm³/mol. The van der Waals surface area contributed by atoms with Gasteiger partial charge in [0.2, 0.25) is 5.91 Å². The predicted octanol–water partition coefficient (Wildman–Crippen LogP) is 2.44. The van der Waals surface area contributed by atoms with Gasteiger partial charge in [0.15, 0.2) is 0 Å². The van der Waals surface area contributed by atoms with Gasteiger partial charge in [-0.2, -0.15) is 0 Å². The Morgan fingerprint density at radius 2 is 1.81 bits per heavy atom. The zero-order chi connectivity index (χ0) is 18.1. The van der Waals surface area contributed by atoms with Gasteiger partial charge in [-0.3, -0.25) is 9.59 Å². The summed E-state index contributed by atoms with van der Waals surface area (Å²) in [6.45, 7) is 1.47. The molecule has 0 bridgehead atoms. The molecule has 3 aromatic rings. The van der Waals surface area contributed by atoms with Gasteiger partial charge in [0.05, 0.1) is 23.4 Å². The molecule has 1 saturated heterocycles.